The zero-order valence-corrected chi connectivity index (χ0v) is 9.51. The van der Waals surface area contributed by atoms with Gasteiger partial charge in [0.05, 0.1) is 24.8 Å². The highest BCUT2D eigenvalue weighted by Gasteiger charge is 2.13. The number of carbonyl (C=O) groups is 1. The summed E-state index contributed by atoms with van der Waals surface area (Å²) in [6, 6.07) is 9.92. The number of nitriles is 1. The van der Waals surface area contributed by atoms with Gasteiger partial charge >= 0.3 is 0 Å². The fourth-order valence-corrected chi connectivity index (χ4v) is 1.32. The van der Waals surface area contributed by atoms with E-state index in [0.717, 1.165) is 0 Å². The molecule has 1 aromatic carbocycles. The number of rotatable bonds is 3. The van der Waals surface area contributed by atoms with Crippen LogP contribution in [0.4, 0.5) is 5.69 Å². The van der Waals surface area contributed by atoms with E-state index in [0.29, 0.717) is 11.3 Å². The van der Waals surface area contributed by atoms with Crippen LogP contribution in [0.25, 0.3) is 0 Å². The molecule has 0 fully saturated rings. The second-order valence-corrected chi connectivity index (χ2v) is 3.38. The van der Waals surface area contributed by atoms with Crippen molar-refractivity contribution in [2.75, 3.05) is 12.4 Å². The lowest BCUT2D eigenvalue weighted by molar-refractivity contribution is 0.0987. The Morgan fingerprint density at radius 1 is 1.50 bits per heavy atom. The minimum Gasteiger partial charge on any atom is -0.479 e. The summed E-state index contributed by atoms with van der Waals surface area (Å²) in [5, 5.41) is 14.9. The molecular formula is C12H9N3O3. The van der Waals surface area contributed by atoms with Crippen molar-refractivity contribution in [2.45, 2.75) is 0 Å². The number of nitrogens with zero attached hydrogens (tertiary/aromatic N) is 2. The van der Waals surface area contributed by atoms with Crippen LogP contribution in [-0.2, 0) is 0 Å². The van der Waals surface area contributed by atoms with Crippen LogP contribution in [0, 0.1) is 11.3 Å². The third-order valence-corrected chi connectivity index (χ3v) is 2.17. The molecule has 0 radical (unpaired) electrons. The van der Waals surface area contributed by atoms with Crippen LogP contribution >= 0.6 is 0 Å². The molecule has 1 aromatic heterocycles. The van der Waals surface area contributed by atoms with Crippen LogP contribution in [0.5, 0.6) is 5.88 Å². The molecule has 0 saturated carbocycles. The molecule has 0 spiro atoms. The zero-order chi connectivity index (χ0) is 13.0. The fraction of sp³-hybridized carbons (Fsp3) is 0.0833. The summed E-state index contributed by atoms with van der Waals surface area (Å²) in [6.07, 6.45) is 0. The van der Waals surface area contributed by atoms with Crippen molar-refractivity contribution in [3.63, 3.8) is 0 Å². The minimum atomic E-state index is -0.458. The Balaban J connectivity index is 2.13. The molecule has 0 atom stereocenters. The number of benzene rings is 1. The average molecular weight is 243 g/mol. The van der Waals surface area contributed by atoms with Gasteiger partial charge in [0.25, 0.3) is 11.8 Å². The van der Waals surface area contributed by atoms with Crippen LogP contribution in [0.2, 0.25) is 0 Å². The molecule has 1 amide bonds. The molecule has 0 unspecified atom stereocenters. The Bertz CT molecular complexity index is 613. The number of hydrogen-bond donors (Lipinski definition) is 1. The maximum absolute atomic E-state index is 11.8. The molecule has 0 aliphatic rings. The summed E-state index contributed by atoms with van der Waals surface area (Å²) >= 11 is 0. The van der Waals surface area contributed by atoms with Crippen LogP contribution in [0.3, 0.4) is 0 Å². The number of nitrogens with one attached hydrogen (secondary N) is 1. The Morgan fingerprint density at radius 3 is 3.00 bits per heavy atom. The van der Waals surface area contributed by atoms with Gasteiger partial charge in [0.1, 0.15) is 0 Å². The number of ether oxygens (including phenoxy) is 1. The third-order valence-electron chi connectivity index (χ3n) is 2.17. The van der Waals surface area contributed by atoms with E-state index >= 15 is 0 Å². The van der Waals surface area contributed by atoms with Crippen LogP contribution in [0.1, 0.15) is 16.1 Å². The lowest BCUT2D eigenvalue weighted by Gasteiger charge is -2.01. The summed E-state index contributed by atoms with van der Waals surface area (Å²) in [4.78, 5) is 11.8. The van der Waals surface area contributed by atoms with Gasteiger partial charge in [-0.15, -0.1) is 0 Å². The van der Waals surface area contributed by atoms with Gasteiger partial charge in [-0.05, 0) is 23.4 Å². The van der Waals surface area contributed by atoms with Gasteiger partial charge in [-0.2, -0.15) is 5.26 Å². The van der Waals surface area contributed by atoms with Crippen molar-refractivity contribution in [1.82, 2.24) is 5.16 Å². The minimum absolute atomic E-state index is 0.0363. The van der Waals surface area contributed by atoms with Crippen LogP contribution in [0.15, 0.2) is 34.9 Å². The van der Waals surface area contributed by atoms with E-state index in [1.165, 1.54) is 13.2 Å². The normalized spacial score (nSPS) is 9.56. The lowest BCUT2D eigenvalue weighted by atomic mass is 10.2. The summed E-state index contributed by atoms with van der Waals surface area (Å²) in [7, 11) is 1.43. The predicted octanol–water partition coefficient (Wildman–Crippen LogP) is 1.81. The van der Waals surface area contributed by atoms with E-state index in [1.807, 2.05) is 6.07 Å². The van der Waals surface area contributed by atoms with Crippen LogP contribution < -0.4 is 10.1 Å². The summed E-state index contributed by atoms with van der Waals surface area (Å²) < 4.78 is 9.60. The Morgan fingerprint density at radius 2 is 2.33 bits per heavy atom. The van der Waals surface area contributed by atoms with E-state index in [4.69, 9.17) is 14.5 Å². The average Bonchev–Trinajstić information content (AvgIpc) is 2.88. The number of methoxy groups -OCH3 is 1. The predicted molar refractivity (Wildman–Crippen MR) is 62.2 cm³/mol. The van der Waals surface area contributed by atoms with Crippen LogP contribution in [-0.4, -0.2) is 18.2 Å². The number of aromatic nitrogens is 1. The van der Waals surface area contributed by atoms with Crippen molar-refractivity contribution < 1.29 is 14.1 Å². The number of anilines is 1. The van der Waals surface area contributed by atoms with E-state index in [9.17, 15) is 4.79 Å². The van der Waals surface area contributed by atoms with Crippen molar-refractivity contribution in [1.29, 1.82) is 5.26 Å². The van der Waals surface area contributed by atoms with Gasteiger partial charge in [0, 0.05) is 5.69 Å². The smallest absolute Gasteiger partial charge is 0.294 e. The van der Waals surface area contributed by atoms with E-state index in [1.54, 1.807) is 24.3 Å². The van der Waals surface area contributed by atoms with Crippen molar-refractivity contribution >= 4 is 11.6 Å². The van der Waals surface area contributed by atoms with E-state index in [2.05, 4.69) is 10.5 Å². The monoisotopic (exact) mass is 243 g/mol. The summed E-state index contributed by atoms with van der Waals surface area (Å²) in [6.45, 7) is 0. The van der Waals surface area contributed by atoms with Crippen molar-refractivity contribution in [3.05, 3.63) is 41.7 Å². The van der Waals surface area contributed by atoms with E-state index in [-0.39, 0.29) is 11.6 Å². The SMILES string of the molecule is COc1cc(C(=O)Nc2cccc(C#N)c2)on1. The first-order valence-corrected chi connectivity index (χ1v) is 5.05. The van der Waals surface area contributed by atoms with Gasteiger partial charge in [-0.3, -0.25) is 4.79 Å². The molecule has 6 heteroatoms. The second-order valence-electron chi connectivity index (χ2n) is 3.38. The number of amides is 1. The summed E-state index contributed by atoms with van der Waals surface area (Å²) in [5.41, 5.74) is 0.970. The Labute approximate surface area is 103 Å². The van der Waals surface area contributed by atoms with Gasteiger partial charge in [0.2, 0.25) is 5.76 Å². The first-order chi connectivity index (χ1) is 8.72. The maximum atomic E-state index is 11.8. The largest absolute Gasteiger partial charge is 0.479 e. The molecule has 1 heterocycles. The highest BCUT2D eigenvalue weighted by Crippen LogP contribution is 2.14. The molecule has 90 valence electrons. The molecule has 18 heavy (non-hydrogen) atoms. The van der Waals surface area contributed by atoms with Gasteiger partial charge in [-0.1, -0.05) is 6.07 Å². The maximum Gasteiger partial charge on any atom is 0.294 e. The molecule has 2 rings (SSSR count). The van der Waals surface area contributed by atoms with E-state index < -0.39 is 5.91 Å². The standard InChI is InChI=1S/C12H9N3O3/c1-17-11-6-10(18-15-11)12(16)14-9-4-2-3-8(5-9)7-13/h2-6H,1H3,(H,14,16). The molecule has 0 saturated heterocycles. The highest BCUT2D eigenvalue weighted by atomic mass is 16.5. The fourth-order valence-electron chi connectivity index (χ4n) is 1.32. The van der Waals surface area contributed by atoms with Crippen molar-refractivity contribution in [3.8, 4) is 11.9 Å². The molecule has 0 aliphatic carbocycles. The number of hydrogen-bond acceptors (Lipinski definition) is 5. The topological polar surface area (TPSA) is 88.1 Å². The third kappa shape index (κ3) is 2.47. The zero-order valence-electron chi connectivity index (χ0n) is 9.51. The molecule has 0 bridgehead atoms. The molecule has 2 aromatic rings. The van der Waals surface area contributed by atoms with Gasteiger partial charge in [0.15, 0.2) is 0 Å². The molecular weight excluding hydrogens is 234 g/mol. The molecule has 6 nitrogen and oxygen atoms in total. The molecule has 1 N–H and O–H groups in total. The first-order valence-electron chi connectivity index (χ1n) is 5.05. The highest BCUT2D eigenvalue weighted by molar-refractivity contribution is 6.02. The van der Waals surface area contributed by atoms with Gasteiger partial charge in [-0.25, -0.2) is 0 Å². The lowest BCUT2D eigenvalue weighted by Crippen LogP contribution is -2.10. The Kier molecular flexibility index (Phi) is 3.25. The second kappa shape index (κ2) is 5.01. The first kappa shape index (κ1) is 11.7. The number of carbonyl (C=O) groups excluding carboxylic acids is 1. The van der Waals surface area contributed by atoms with Crippen molar-refractivity contribution in [2.24, 2.45) is 0 Å². The molecule has 0 aliphatic heterocycles. The summed E-state index contributed by atoms with van der Waals surface area (Å²) in [5.74, 6) is -0.193. The quantitative estimate of drug-likeness (QED) is 0.888. The van der Waals surface area contributed by atoms with Gasteiger partial charge < -0.3 is 14.6 Å². The Hall–Kier alpha value is -2.81.